The summed E-state index contributed by atoms with van der Waals surface area (Å²) >= 11 is 0. The molecule has 0 saturated carbocycles. The molecule has 2 nitrogen and oxygen atoms in total. The summed E-state index contributed by atoms with van der Waals surface area (Å²) < 4.78 is 0. The van der Waals surface area contributed by atoms with Gasteiger partial charge in [0, 0.05) is 22.2 Å². The number of rotatable bonds is 4. The van der Waals surface area contributed by atoms with Crippen LogP contribution in [0.2, 0.25) is 0 Å². The zero-order valence-electron chi connectivity index (χ0n) is 36.9. The molecule has 2 heteroatoms. The molecule has 2 heterocycles. The first-order valence-electron chi connectivity index (χ1n) is 22.5. The maximum Gasteiger partial charge on any atom is 0.0502 e. The third-order valence-corrected chi connectivity index (χ3v) is 14.0. The molecule has 0 atom stereocenters. The third kappa shape index (κ3) is 6.15. The van der Waals surface area contributed by atoms with Crippen LogP contribution < -0.4 is 9.80 Å². The third-order valence-electron chi connectivity index (χ3n) is 14.0. The second kappa shape index (κ2) is 15.0. The smallest absolute Gasteiger partial charge is 0.0502 e. The molecule has 0 amide bonds. The van der Waals surface area contributed by atoms with Gasteiger partial charge in [0.15, 0.2) is 0 Å². The number of nitrogens with zero attached hydrogens (tertiary/aromatic N) is 2. The number of benzene rings is 8. The first-order valence-corrected chi connectivity index (χ1v) is 22.5. The molecule has 0 fully saturated rings. The average Bonchev–Trinajstić information content (AvgIpc) is 3.31. The second-order valence-electron chi connectivity index (χ2n) is 18.4. The minimum absolute atomic E-state index is 0.141. The first kappa shape index (κ1) is 38.7. The number of fused-ring (bicyclic) bond motifs is 6. The molecule has 0 radical (unpaired) electrons. The molecule has 0 bridgehead atoms. The number of para-hydroxylation sites is 4. The van der Waals surface area contributed by atoms with Crippen LogP contribution in [0.5, 0.6) is 0 Å². The first-order chi connectivity index (χ1) is 30.7. The summed E-state index contributed by atoms with van der Waals surface area (Å²) in [6.45, 7) is 11.7. The zero-order chi connectivity index (χ0) is 42.9. The fourth-order valence-electron chi connectivity index (χ4n) is 10.9. The van der Waals surface area contributed by atoms with E-state index in [2.05, 4.69) is 245 Å². The van der Waals surface area contributed by atoms with Crippen LogP contribution >= 0.6 is 0 Å². The van der Waals surface area contributed by atoms with Crippen LogP contribution in [0.15, 0.2) is 200 Å². The molecular weight excluding hydrogens is 761 g/mol. The van der Waals surface area contributed by atoms with E-state index in [0.29, 0.717) is 0 Å². The van der Waals surface area contributed by atoms with E-state index in [9.17, 15) is 0 Å². The topological polar surface area (TPSA) is 6.48 Å². The molecule has 0 spiro atoms. The lowest BCUT2D eigenvalue weighted by atomic mass is 9.73. The second-order valence-corrected chi connectivity index (χ2v) is 18.4. The number of hydrogen-bond acceptors (Lipinski definition) is 2. The molecule has 0 aromatic heterocycles. The molecule has 0 unspecified atom stereocenters. The van der Waals surface area contributed by atoms with Gasteiger partial charge in [0.1, 0.15) is 0 Å². The van der Waals surface area contributed by atoms with Crippen LogP contribution in [0.1, 0.15) is 73.9 Å². The van der Waals surface area contributed by atoms with Crippen molar-refractivity contribution in [2.24, 2.45) is 0 Å². The summed E-state index contributed by atoms with van der Waals surface area (Å²) in [6, 6.07) is 59.3. The van der Waals surface area contributed by atoms with E-state index in [1.165, 1.54) is 94.4 Å². The van der Waals surface area contributed by atoms with E-state index in [0.717, 1.165) is 24.2 Å². The molecule has 0 N–H and O–H groups in total. The molecule has 2 aliphatic heterocycles. The van der Waals surface area contributed by atoms with Gasteiger partial charge in [0.2, 0.25) is 0 Å². The monoisotopic (exact) mass is 812 g/mol. The largest absolute Gasteiger partial charge is 0.310 e. The number of hydrogen-bond donors (Lipinski definition) is 0. The Morgan fingerprint density at radius 3 is 1.37 bits per heavy atom. The van der Waals surface area contributed by atoms with Crippen LogP contribution in [0.4, 0.5) is 34.1 Å². The van der Waals surface area contributed by atoms with Gasteiger partial charge in [-0.2, -0.15) is 0 Å². The summed E-state index contributed by atoms with van der Waals surface area (Å²) in [4.78, 5) is 5.00. The van der Waals surface area contributed by atoms with Crippen molar-refractivity contribution in [3.05, 3.63) is 234 Å². The maximum absolute atomic E-state index is 2.50. The molecule has 306 valence electrons. The van der Waals surface area contributed by atoms with Crippen molar-refractivity contribution in [1.82, 2.24) is 0 Å². The summed E-state index contributed by atoms with van der Waals surface area (Å²) in [6.07, 6.45) is 17.5. The SMILES string of the molecule is Cc1ccccc1-c1c2ccc(N3c4ccccc4C(C)(C)c4ccccc43)cc2c(/C2=C/C=C\C/C=C\C=C/C2)c2ccc(N3c4ccccc4C(C)(C)c4ccccc43)cc12. The van der Waals surface area contributed by atoms with Crippen molar-refractivity contribution in [2.45, 2.75) is 58.3 Å². The highest BCUT2D eigenvalue weighted by Gasteiger charge is 2.38. The van der Waals surface area contributed by atoms with E-state index in [1.54, 1.807) is 0 Å². The Hall–Kier alpha value is -7.16. The Morgan fingerprint density at radius 1 is 0.413 bits per heavy atom. The van der Waals surface area contributed by atoms with Crippen molar-refractivity contribution >= 4 is 61.2 Å². The predicted octanol–water partition coefficient (Wildman–Crippen LogP) is 17.0. The number of anilines is 6. The quantitative estimate of drug-likeness (QED) is 0.163. The van der Waals surface area contributed by atoms with Gasteiger partial charge in [-0.15, -0.1) is 0 Å². The number of allylic oxidation sites excluding steroid dienone is 8. The van der Waals surface area contributed by atoms with Gasteiger partial charge in [0.25, 0.3) is 0 Å². The normalized spacial score (nSPS) is 18.3. The summed E-state index contributed by atoms with van der Waals surface area (Å²) in [7, 11) is 0. The highest BCUT2D eigenvalue weighted by atomic mass is 15.2. The fraction of sp³-hybridized carbons (Fsp3) is 0.148. The standard InChI is InChI=1S/C61H52N2/c1-41-23-13-14-26-45(41)59-47-38-36-43(62-54-31-19-15-27-50(54)60(2,3)51-28-16-20-32-55(51)62)39-48(47)58(42-24-11-9-7-6-8-10-12-25-42)46-37-35-44(40-49(46)59)63-56-33-21-17-29-52(56)61(4,5)53-30-18-22-34-57(53)63/h6-7,9-23,25-40H,8,24H2,1-5H3/b7-6-,11-9-,12-10-,42-25+. The van der Waals surface area contributed by atoms with Gasteiger partial charge in [-0.05, 0) is 140 Å². The van der Waals surface area contributed by atoms with E-state index in [1.807, 2.05) is 0 Å². The Bertz CT molecular complexity index is 3160. The summed E-state index contributed by atoms with van der Waals surface area (Å²) in [5, 5.41) is 5.00. The summed E-state index contributed by atoms with van der Waals surface area (Å²) in [5.74, 6) is 0. The minimum atomic E-state index is -0.142. The summed E-state index contributed by atoms with van der Waals surface area (Å²) in [5.41, 5.74) is 18.6. The van der Waals surface area contributed by atoms with Gasteiger partial charge in [-0.3, -0.25) is 0 Å². The van der Waals surface area contributed by atoms with Gasteiger partial charge in [0.05, 0.1) is 22.7 Å². The van der Waals surface area contributed by atoms with Gasteiger partial charge < -0.3 is 9.80 Å². The van der Waals surface area contributed by atoms with E-state index in [4.69, 9.17) is 0 Å². The molecule has 11 rings (SSSR count). The van der Waals surface area contributed by atoms with Crippen molar-refractivity contribution in [2.75, 3.05) is 9.80 Å². The Labute approximate surface area is 372 Å². The Morgan fingerprint density at radius 2 is 0.841 bits per heavy atom. The van der Waals surface area contributed by atoms with Crippen LogP contribution in [0, 0.1) is 6.92 Å². The van der Waals surface area contributed by atoms with Crippen molar-refractivity contribution in [1.29, 1.82) is 0 Å². The lowest BCUT2D eigenvalue weighted by Crippen LogP contribution is -2.30. The van der Waals surface area contributed by atoms with Gasteiger partial charge in [-0.1, -0.05) is 179 Å². The molecule has 63 heavy (non-hydrogen) atoms. The van der Waals surface area contributed by atoms with E-state index >= 15 is 0 Å². The molecule has 1 aliphatic carbocycles. The Kier molecular flexibility index (Phi) is 9.24. The predicted molar refractivity (Wildman–Crippen MR) is 270 cm³/mol. The number of aryl methyl sites for hydroxylation is 1. The average molecular weight is 813 g/mol. The van der Waals surface area contributed by atoms with Gasteiger partial charge in [-0.25, -0.2) is 0 Å². The van der Waals surface area contributed by atoms with Crippen molar-refractivity contribution in [3.63, 3.8) is 0 Å². The van der Waals surface area contributed by atoms with Crippen LogP contribution in [0.25, 0.3) is 38.2 Å². The minimum Gasteiger partial charge on any atom is -0.310 e. The molecule has 8 aromatic rings. The lowest BCUT2D eigenvalue weighted by molar-refractivity contribution is 0.632. The van der Waals surface area contributed by atoms with Crippen LogP contribution in [-0.4, -0.2) is 0 Å². The molecule has 3 aliphatic rings. The highest BCUT2D eigenvalue weighted by Crippen LogP contribution is 2.55. The Balaban J connectivity index is 1.24. The highest BCUT2D eigenvalue weighted by molar-refractivity contribution is 6.20. The molecule has 0 saturated heterocycles. The van der Waals surface area contributed by atoms with Crippen molar-refractivity contribution < 1.29 is 0 Å². The molecular formula is C61H52N2. The van der Waals surface area contributed by atoms with Crippen LogP contribution in [0.3, 0.4) is 0 Å². The van der Waals surface area contributed by atoms with Crippen LogP contribution in [-0.2, 0) is 10.8 Å². The van der Waals surface area contributed by atoms with Gasteiger partial charge >= 0.3 is 0 Å². The van der Waals surface area contributed by atoms with E-state index < -0.39 is 0 Å². The fourth-order valence-corrected chi connectivity index (χ4v) is 10.9. The van der Waals surface area contributed by atoms with E-state index in [-0.39, 0.29) is 10.8 Å². The zero-order valence-corrected chi connectivity index (χ0v) is 36.9. The molecule has 8 aromatic carbocycles. The van der Waals surface area contributed by atoms with Crippen molar-refractivity contribution in [3.8, 4) is 11.1 Å². The lowest BCUT2D eigenvalue weighted by Gasteiger charge is -2.42. The maximum atomic E-state index is 2.50.